The predicted octanol–water partition coefficient (Wildman–Crippen LogP) is -2.21. The van der Waals surface area contributed by atoms with Crippen LogP contribution in [0.1, 0.15) is 26.7 Å². The molecule has 0 saturated carbocycles. The first kappa shape index (κ1) is 18.6. The molecule has 0 atom stereocenters. The Morgan fingerprint density at radius 1 is 1.08 bits per heavy atom. The Balaban J connectivity index is -0.000000500. The first-order valence-corrected chi connectivity index (χ1v) is 3.27. The number of rotatable bonds is 4. The minimum absolute atomic E-state index is 0. The molecule has 0 aliphatic carbocycles. The van der Waals surface area contributed by atoms with E-state index in [4.69, 9.17) is 10.2 Å². The maximum atomic E-state index is 10.2. The Kier molecular flexibility index (Phi) is 10.5. The third kappa shape index (κ3) is 11.9. The molecule has 0 fully saturated rings. The van der Waals surface area contributed by atoms with Crippen LogP contribution in [-0.4, -0.2) is 27.6 Å². The van der Waals surface area contributed by atoms with Crippen molar-refractivity contribution < 1.29 is 54.8 Å². The summed E-state index contributed by atoms with van der Waals surface area (Å²) in [5, 5.41) is 16.7. The summed E-state index contributed by atoms with van der Waals surface area (Å²) in [6, 6.07) is 0. The summed E-state index contributed by atoms with van der Waals surface area (Å²) < 4.78 is 0. The van der Waals surface area contributed by atoms with Gasteiger partial charge in [0.1, 0.15) is 0 Å². The van der Waals surface area contributed by atoms with Crippen LogP contribution in [0.15, 0.2) is 0 Å². The van der Waals surface area contributed by atoms with Gasteiger partial charge in [-0.1, -0.05) is 13.8 Å². The standard InChI is InChI=1S/C7H12O4.Na.H2O/c1-7(2,3-5(8)9)4-6(10)11;;/h3-4H2,1-2H3,(H,8,9)(H,10,11);;1H2/q;+1;/p-1. The molecule has 0 rings (SSSR count). The summed E-state index contributed by atoms with van der Waals surface area (Å²) in [7, 11) is 0. The Morgan fingerprint density at radius 2 is 1.31 bits per heavy atom. The zero-order valence-corrected chi connectivity index (χ0v) is 10.1. The first-order valence-electron chi connectivity index (χ1n) is 3.27. The smallest absolute Gasteiger partial charge is 0.870 e. The maximum absolute atomic E-state index is 10.2. The van der Waals surface area contributed by atoms with Gasteiger partial charge in [-0.05, 0) is 5.41 Å². The van der Waals surface area contributed by atoms with Gasteiger partial charge in [0.2, 0.25) is 0 Å². The molecule has 0 amide bonds. The molecule has 0 aliphatic heterocycles. The minimum atomic E-state index is -0.962. The van der Waals surface area contributed by atoms with Crippen LogP contribution in [0, 0.1) is 5.41 Å². The second kappa shape index (κ2) is 7.32. The SMILES string of the molecule is CC(C)(CC(=O)O)CC(=O)O.[Na+].[OH-]. The van der Waals surface area contributed by atoms with Gasteiger partial charge in [0, 0.05) is 0 Å². The van der Waals surface area contributed by atoms with Gasteiger partial charge in [0.05, 0.1) is 12.8 Å². The van der Waals surface area contributed by atoms with Gasteiger partial charge in [-0.15, -0.1) is 0 Å². The van der Waals surface area contributed by atoms with E-state index in [1.165, 1.54) is 0 Å². The topological polar surface area (TPSA) is 105 Å². The molecule has 0 aromatic carbocycles. The van der Waals surface area contributed by atoms with Gasteiger partial charge < -0.3 is 15.7 Å². The van der Waals surface area contributed by atoms with Gasteiger partial charge in [-0.3, -0.25) is 9.59 Å². The second-order valence-electron chi connectivity index (χ2n) is 3.31. The monoisotopic (exact) mass is 200 g/mol. The summed E-state index contributed by atoms with van der Waals surface area (Å²) in [6.45, 7) is 3.24. The van der Waals surface area contributed by atoms with E-state index >= 15 is 0 Å². The summed E-state index contributed by atoms with van der Waals surface area (Å²) in [5.41, 5.74) is -0.655. The van der Waals surface area contributed by atoms with Crippen molar-refractivity contribution in [2.24, 2.45) is 5.41 Å². The predicted molar refractivity (Wildman–Crippen MR) is 40.2 cm³/mol. The van der Waals surface area contributed by atoms with E-state index in [9.17, 15) is 9.59 Å². The van der Waals surface area contributed by atoms with Crippen molar-refractivity contribution in [2.75, 3.05) is 0 Å². The van der Waals surface area contributed by atoms with E-state index < -0.39 is 17.4 Å². The number of hydrogen-bond acceptors (Lipinski definition) is 3. The number of carboxylic acids is 2. The second-order valence-corrected chi connectivity index (χ2v) is 3.31. The number of aliphatic carboxylic acids is 2. The van der Waals surface area contributed by atoms with E-state index in [1.54, 1.807) is 13.8 Å². The molecule has 6 heteroatoms. The zero-order valence-electron chi connectivity index (χ0n) is 8.07. The van der Waals surface area contributed by atoms with Crippen LogP contribution >= 0.6 is 0 Å². The summed E-state index contributed by atoms with van der Waals surface area (Å²) in [5.74, 6) is -1.92. The van der Waals surface area contributed by atoms with Crippen molar-refractivity contribution in [3.05, 3.63) is 0 Å². The average molecular weight is 200 g/mol. The van der Waals surface area contributed by atoms with Crippen LogP contribution in [0.3, 0.4) is 0 Å². The third-order valence-corrected chi connectivity index (χ3v) is 1.26. The van der Waals surface area contributed by atoms with Gasteiger partial charge in [0.15, 0.2) is 0 Å². The van der Waals surface area contributed by atoms with Crippen molar-refractivity contribution >= 4 is 11.9 Å². The summed E-state index contributed by atoms with van der Waals surface area (Å²) in [4.78, 5) is 20.4. The van der Waals surface area contributed by atoms with Crippen LogP contribution in [0.2, 0.25) is 0 Å². The van der Waals surface area contributed by atoms with E-state index in [0.29, 0.717) is 0 Å². The van der Waals surface area contributed by atoms with E-state index in [-0.39, 0.29) is 47.9 Å². The van der Waals surface area contributed by atoms with Crippen molar-refractivity contribution in [1.29, 1.82) is 0 Å². The third-order valence-electron chi connectivity index (χ3n) is 1.26. The average Bonchev–Trinajstić information content (AvgIpc) is 1.53. The van der Waals surface area contributed by atoms with Crippen molar-refractivity contribution in [1.82, 2.24) is 0 Å². The molecular weight excluding hydrogens is 187 g/mol. The molecule has 72 valence electrons. The Morgan fingerprint density at radius 3 is 1.46 bits per heavy atom. The molecule has 3 N–H and O–H groups in total. The summed E-state index contributed by atoms with van der Waals surface area (Å²) >= 11 is 0. The van der Waals surface area contributed by atoms with Gasteiger partial charge >= 0.3 is 41.5 Å². The fourth-order valence-electron chi connectivity index (χ4n) is 0.881. The largest absolute Gasteiger partial charge is 1.00 e. The number of carboxylic acid groups (broad SMARTS) is 2. The number of carbonyl (C=O) groups is 2. The Bertz CT molecular complexity index is 160. The van der Waals surface area contributed by atoms with E-state index in [0.717, 1.165) is 0 Å². The Labute approximate surface area is 98.7 Å². The molecule has 0 aliphatic rings. The molecule has 5 nitrogen and oxygen atoms in total. The molecule has 0 aromatic rings. The van der Waals surface area contributed by atoms with E-state index in [1.807, 2.05) is 0 Å². The van der Waals surface area contributed by atoms with Crippen molar-refractivity contribution in [2.45, 2.75) is 26.7 Å². The molecule has 13 heavy (non-hydrogen) atoms. The fraction of sp³-hybridized carbons (Fsp3) is 0.714. The van der Waals surface area contributed by atoms with E-state index in [2.05, 4.69) is 0 Å². The van der Waals surface area contributed by atoms with Gasteiger partial charge in [0.25, 0.3) is 0 Å². The molecule has 0 aromatic heterocycles. The Hall–Kier alpha value is -0.100. The van der Waals surface area contributed by atoms with Crippen LogP contribution in [0.5, 0.6) is 0 Å². The van der Waals surface area contributed by atoms with Crippen LogP contribution < -0.4 is 29.6 Å². The molecule has 0 heterocycles. The maximum Gasteiger partial charge on any atom is 1.00 e. The molecule has 0 bridgehead atoms. The quantitative estimate of drug-likeness (QED) is 0.500. The normalized spacial score (nSPS) is 9.38. The molecule has 0 saturated heterocycles. The first-order chi connectivity index (χ1) is 4.83. The molecular formula is C7H13NaO5. The van der Waals surface area contributed by atoms with Gasteiger partial charge in [-0.25, -0.2) is 0 Å². The van der Waals surface area contributed by atoms with Crippen molar-refractivity contribution in [3.63, 3.8) is 0 Å². The molecule has 0 radical (unpaired) electrons. The molecule has 0 unspecified atom stereocenters. The van der Waals surface area contributed by atoms with Crippen molar-refractivity contribution in [3.8, 4) is 0 Å². The minimum Gasteiger partial charge on any atom is -0.870 e. The molecule has 0 spiro atoms. The fourth-order valence-corrected chi connectivity index (χ4v) is 0.881. The zero-order chi connectivity index (χ0) is 9.07. The summed E-state index contributed by atoms with van der Waals surface area (Å²) in [6.07, 6.45) is -0.224. The van der Waals surface area contributed by atoms with Crippen LogP contribution in [0.25, 0.3) is 0 Å². The number of hydrogen-bond donors (Lipinski definition) is 2. The van der Waals surface area contributed by atoms with Crippen LogP contribution in [-0.2, 0) is 9.59 Å². The van der Waals surface area contributed by atoms with Crippen LogP contribution in [0.4, 0.5) is 0 Å². The van der Waals surface area contributed by atoms with Gasteiger partial charge in [-0.2, -0.15) is 0 Å².